The zero-order valence-electron chi connectivity index (χ0n) is 12.1. The quantitative estimate of drug-likeness (QED) is 0.826. The maximum absolute atomic E-state index is 5.82. The van der Waals surface area contributed by atoms with Gasteiger partial charge in [-0.15, -0.1) is 0 Å². The second-order valence-electron chi connectivity index (χ2n) is 4.43. The van der Waals surface area contributed by atoms with Crippen LogP contribution in [0.3, 0.4) is 0 Å². The summed E-state index contributed by atoms with van der Waals surface area (Å²) in [5, 5.41) is 3.30. The Morgan fingerprint density at radius 3 is 2.35 bits per heavy atom. The minimum Gasteiger partial charge on any atom is -0.494 e. The first-order valence-electron chi connectivity index (χ1n) is 7.02. The van der Waals surface area contributed by atoms with E-state index in [1.807, 2.05) is 43.3 Å². The van der Waals surface area contributed by atoms with Crippen LogP contribution in [0.15, 0.2) is 48.5 Å². The Balaban J connectivity index is 2.00. The van der Waals surface area contributed by atoms with Crippen molar-refractivity contribution in [2.75, 3.05) is 13.2 Å². The maximum atomic E-state index is 5.82. The van der Waals surface area contributed by atoms with E-state index in [4.69, 9.17) is 9.47 Å². The third-order valence-electron chi connectivity index (χ3n) is 2.85. The van der Waals surface area contributed by atoms with Crippen molar-refractivity contribution >= 4 is 0 Å². The molecule has 0 heterocycles. The van der Waals surface area contributed by atoms with Crippen molar-refractivity contribution in [1.82, 2.24) is 5.32 Å². The molecule has 0 aliphatic heterocycles. The van der Waals surface area contributed by atoms with Crippen molar-refractivity contribution in [3.05, 3.63) is 54.1 Å². The highest BCUT2D eigenvalue weighted by molar-refractivity contribution is 5.37. The molecule has 20 heavy (non-hydrogen) atoms. The molecule has 0 atom stereocenters. The van der Waals surface area contributed by atoms with E-state index < -0.39 is 0 Å². The van der Waals surface area contributed by atoms with E-state index >= 15 is 0 Å². The van der Waals surface area contributed by atoms with E-state index in [1.54, 1.807) is 0 Å². The highest BCUT2D eigenvalue weighted by Gasteiger charge is 2.00. The summed E-state index contributed by atoms with van der Waals surface area (Å²) in [5.74, 6) is 2.45. The predicted octanol–water partition coefficient (Wildman–Crippen LogP) is 3.99. The number of ether oxygens (including phenoxy) is 2. The van der Waals surface area contributed by atoms with Crippen molar-refractivity contribution in [1.29, 1.82) is 0 Å². The predicted molar refractivity (Wildman–Crippen MR) is 81.5 cm³/mol. The summed E-state index contributed by atoms with van der Waals surface area (Å²) in [6, 6.07) is 15.8. The summed E-state index contributed by atoms with van der Waals surface area (Å²) in [6.07, 6.45) is 0. The van der Waals surface area contributed by atoms with Gasteiger partial charge in [-0.2, -0.15) is 0 Å². The highest BCUT2D eigenvalue weighted by atomic mass is 16.5. The molecule has 3 nitrogen and oxygen atoms in total. The third-order valence-corrected chi connectivity index (χ3v) is 2.85. The van der Waals surface area contributed by atoms with Gasteiger partial charge in [0.15, 0.2) is 0 Å². The fourth-order valence-electron chi connectivity index (χ4n) is 1.87. The number of hydrogen-bond donors (Lipinski definition) is 1. The molecule has 2 rings (SSSR count). The number of benzene rings is 2. The van der Waals surface area contributed by atoms with Gasteiger partial charge in [-0.25, -0.2) is 0 Å². The number of nitrogens with one attached hydrogen (secondary N) is 1. The zero-order chi connectivity index (χ0) is 14.2. The van der Waals surface area contributed by atoms with Crippen LogP contribution >= 0.6 is 0 Å². The van der Waals surface area contributed by atoms with E-state index in [9.17, 15) is 0 Å². The number of hydrogen-bond acceptors (Lipinski definition) is 3. The van der Waals surface area contributed by atoms with Gasteiger partial charge >= 0.3 is 0 Å². The zero-order valence-corrected chi connectivity index (χ0v) is 12.1. The molecule has 2 aromatic carbocycles. The summed E-state index contributed by atoms with van der Waals surface area (Å²) in [5.41, 5.74) is 1.25. The molecule has 106 valence electrons. The lowest BCUT2D eigenvalue weighted by atomic mass is 10.2. The molecular formula is C17H21NO2. The van der Waals surface area contributed by atoms with Gasteiger partial charge in [0, 0.05) is 12.6 Å². The molecule has 0 radical (unpaired) electrons. The molecular weight excluding hydrogens is 250 g/mol. The summed E-state index contributed by atoms with van der Waals surface area (Å²) >= 11 is 0. The lowest BCUT2D eigenvalue weighted by molar-refractivity contribution is 0.338. The van der Waals surface area contributed by atoms with Gasteiger partial charge in [-0.05, 0) is 43.3 Å². The molecule has 0 unspecified atom stereocenters. The fourth-order valence-corrected chi connectivity index (χ4v) is 1.87. The Bertz CT molecular complexity index is 523. The van der Waals surface area contributed by atoms with Crippen molar-refractivity contribution in [3.8, 4) is 17.2 Å². The van der Waals surface area contributed by atoms with E-state index in [0.717, 1.165) is 30.3 Å². The molecule has 0 saturated heterocycles. The van der Waals surface area contributed by atoms with E-state index in [2.05, 4.69) is 24.4 Å². The van der Waals surface area contributed by atoms with Gasteiger partial charge in [0.2, 0.25) is 0 Å². The second-order valence-corrected chi connectivity index (χ2v) is 4.43. The summed E-state index contributed by atoms with van der Waals surface area (Å²) < 4.78 is 11.3. The van der Waals surface area contributed by atoms with E-state index in [1.165, 1.54) is 5.56 Å². The molecule has 0 aliphatic rings. The van der Waals surface area contributed by atoms with Gasteiger partial charge in [0.1, 0.15) is 17.2 Å². The largest absolute Gasteiger partial charge is 0.494 e. The molecule has 1 N–H and O–H groups in total. The van der Waals surface area contributed by atoms with Gasteiger partial charge in [0.25, 0.3) is 0 Å². The summed E-state index contributed by atoms with van der Waals surface area (Å²) in [7, 11) is 0. The van der Waals surface area contributed by atoms with Crippen molar-refractivity contribution in [2.45, 2.75) is 20.4 Å². The molecule has 0 aliphatic carbocycles. The first kappa shape index (κ1) is 14.4. The smallest absolute Gasteiger partial charge is 0.131 e. The normalized spacial score (nSPS) is 10.3. The SMILES string of the molecule is CCNCc1ccc(Oc2cccc(OCC)c2)cc1. The standard InChI is InChI=1S/C17H21NO2/c1-3-18-13-14-8-10-15(11-9-14)20-17-7-5-6-16(12-17)19-4-2/h5-12,18H,3-4,13H2,1-2H3. The Kier molecular flexibility index (Phi) is 5.44. The molecule has 0 aromatic heterocycles. The van der Waals surface area contributed by atoms with Gasteiger partial charge in [-0.3, -0.25) is 0 Å². The minimum absolute atomic E-state index is 0.655. The first-order chi connectivity index (χ1) is 9.81. The maximum Gasteiger partial charge on any atom is 0.131 e. The lowest BCUT2D eigenvalue weighted by Crippen LogP contribution is -2.11. The van der Waals surface area contributed by atoms with Crippen LogP contribution in [0, 0.1) is 0 Å². The molecule has 3 heteroatoms. The van der Waals surface area contributed by atoms with Crippen LogP contribution in [-0.2, 0) is 6.54 Å². The monoisotopic (exact) mass is 271 g/mol. The van der Waals surface area contributed by atoms with Crippen LogP contribution in [0.4, 0.5) is 0 Å². The van der Waals surface area contributed by atoms with Crippen LogP contribution in [0.5, 0.6) is 17.2 Å². The summed E-state index contributed by atoms with van der Waals surface area (Å²) in [4.78, 5) is 0. The minimum atomic E-state index is 0.655. The van der Waals surface area contributed by atoms with Crippen molar-refractivity contribution < 1.29 is 9.47 Å². The molecule has 0 bridgehead atoms. The Morgan fingerprint density at radius 2 is 1.65 bits per heavy atom. The number of rotatable bonds is 7. The van der Waals surface area contributed by atoms with E-state index in [-0.39, 0.29) is 0 Å². The first-order valence-corrected chi connectivity index (χ1v) is 7.02. The highest BCUT2D eigenvalue weighted by Crippen LogP contribution is 2.25. The van der Waals surface area contributed by atoms with E-state index in [0.29, 0.717) is 6.61 Å². The van der Waals surface area contributed by atoms with Crippen LogP contribution in [0.2, 0.25) is 0 Å². The average molecular weight is 271 g/mol. The molecule has 0 fully saturated rings. The van der Waals surface area contributed by atoms with Gasteiger partial charge in [0.05, 0.1) is 6.61 Å². The Labute approximate surface area is 120 Å². The lowest BCUT2D eigenvalue weighted by Gasteiger charge is -2.09. The Morgan fingerprint density at radius 1 is 0.900 bits per heavy atom. The van der Waals surface area contributed by atoms with Crippen LogP contribution in [0.25, 0.3) is 0 Å². The molecule has 2 aromatic rings. The Hall–Kier alpha value is -2.00. The third kappa shape index (κ3) is 4.28. The second kappa shape index (κ2) is 7.56. The fraction of sp³-hybridized carbons (Fsp3) is 0.294. The van der Waals surface area contributed by atoms with Crippen LogP contribution < -0.4 is 14.8 Å². The van der Waals surface area contributed by atoms with Crippen LogP contribution in [-0.4, -0.2) is 13.2 Å². The van der Waals surface area contributed by atoms with Crippen molar-refractivity contribution in [2.24, 2.45) is 0 Å². The topological polar surface area (TPSA) is 30.5 Å². The average Bonchev–Trinajstić information content (AvgIpc) is 2.47. The van der Waals surface area contributed by atoms with Crippen LogP contribution in [0.1, 0.15) is 19.4 Å². The molecule has 0 spiro atoms. The van der Waals surface area contributed by atoms with Gasteiger partial charge in [-0.1, -0.05) is 25.1 Å². The molecule has 0 saturated carbocycles. The van der Waals surface area contributed by atoms with Gasteiger partial charge < -0.3 is 14.8 Å². The summed E-state index contributed by atoms with van der Waals surface area (Å²) in [6.45, 7) is 6.58. The molecule has 0 amide bonds. The van der Waals surface area contributed by atoms with Crippen molar-refractivity contribution in [3.63, 3.8) is 0 Å².